The summed E-state index contributed by atoms with van der Waals surface area (Å²) in [5.41, 5.74) is 0. The Morgan fingerprint density at radius 1 is 1.50 bits per heavy atom. The highest BCUT2D eigenvalue weighted by atomic mass is 16.4. The summed E-state index contributed by atoms with van der Waals surface area (Å²) in [4.78, 5) is 23.0. The summed E-state index contributed by atoms with van der Waals surface area (Å²) in [6.45, 7) is 6.10. The number of hydrogen-bond acceptors (Lipinski definition) is 2. The van der Waals surface area contributed by atoms with Crippen LogP contribution in [0.2, 0.25) is 0 Å². The van der Waals surface area contributed by atoms with E-state index in [1.807, 2.05) is 13.8 Å². The number of carbonyl (C=O) groups is 2. The van der Waals surface area contributed by atoms with Crippen molar-refractivity contribution >= 4 is 12.4 Å². The van der Waals surface area contributed by atoms with E-state index in [1.54, 1.807) is 6.92 Å². The highest BCUT2D eigenvalue weighted by Gasteiger charge is 2.28. The van der Waals surface area contributed by atoms with Crippen LogP contribution in [0.4, 0.5) is 0 Å². The molecule has 0 aromatic carbocycles. The van der Waals surface area contributed by atoms with Crippen LogP contribution in [-0.4, -0.2) is 35.0 Å². The van der Waals surface area contributed by atoms with Crippen LogP contribution in [0.5, 0.6) is 0 Å². The van der Waals surface area contributed by atoms with E-state index in [9.17, 15) is 9.59 Å². The molecule has 0 fully saturated rings. The molecule has 0 aliphatic carbocycles. The number of hydrogen-bond donors (Lipinski definition) is 1. The van der Waals surface area contributed by atoms with E-state index in [1.165, 1.54) is 4.90 Å². The minimum atomic E-state index is -0.917. The van der Waals surface area contributed by atoms with Crippen molar-refractivity contribution in [3.05, 3.63) is 0 Å². The lowest BCUT2D eigenvalue weighted by molar-refractivity contribution is -0.148. The Morgan fingerprint density at radius 3 is 2.36 bits per heavy atom. The van der Waals surface area contributed by atoms with Crippen molar-refractivity contribution in [1.82, 2.24) is 4.90 Å². The highest BCUT2D eigenvalue weighted by molar-refractivity contribution is 5.76. The van der Waals surface area contributed by atoms with Gasteiger partial charge in [0.25, 0.3) is 0 Å². The Labute approximate surface area is 84.9 Å². The molecule has 0 spiro atoms. The van der Waals surface area contributed by atoms with Crippen LogP contribution in [0, 0.1) is 5.92 Å². The van der Waals surface area contributed by atoms with E-state index in [-0.39, 0.29) is 5.92 Å². The second-order valence-electron chi connectivity index (χ2n) is 3.48. The molecular weight excluding hydrogens is 182 g/mol. The summed E-state index contributed by atoms with van der Waals surface area (Å²) < 4.78 is 0. The summed E-state index contributed by atoms with van der Waals surface area (Å²) in [6.07, 6.45) is 2.37. The van der Waals surface area contributed by atoms with Gasteiger partial charge in [-0.25, -0.2) is 4.79 Å². The largest absolute Gasteiger partial charge is 0.480 e. The molecule has 82 valence electrons. The van der Waals surface area contributed by atoms with Gasteiger partial charge in [0.2, 0.25) is 6.41 Å². The fourth-order valence-corrected chi connectivity index (χ4v) is 1.66. The van der Waals surface area contributed by atoms with Gasteiger partial charge in [0.15, 0.2) is 0 Å². The lowest BCUT2D eigenvalue weighted by Crippen LogP contribution is -2.44. The Balaban J connectivity index is 4.55. The second kappa shape index (κ2) is 6.40. The van der Waals surface area contributed by atoms with Crippen LogP contribution in [0.1, 0.15) is 33.6 Å². The quantitative estimate of drug-likeness (QED) is 0.633. The monoisotopic (exact) mass is 201 g/mol. The van der Waals surface area contributed by atoms with Crippen molar-refractivity contribution in [2.24, 2.45) is 5.92 Å². The van der Waals surface area contributed by atoms with E-state index in [4.69, 9.17) is 5.11 Å². The van der Waals surface area contributed by atoms with Crippen LogP contribution < -0.4 is 0 Å². The summed E-state index contributed by atoms with van der Waals surface area (Å²) >= 11 is 0. The van der Waals surface area contributed by atoms with Gasteiger partial charge in [0, 0.05) is 6.54 Å². The van der Waals surface area contributed by atoms with Crippen molar-refractivity contribution in [3.63, 3.8) is 0 Å². The van der Waals surface area contributed by atoms with E-state index < -0.39 is 12.0 Å². The number of likely N-dealkylation sites (N-methyl/N-ethyl adjacent to an activating group) is 1. The summed E-state index contributed by atoms with van der Waals surface area (Å²) in [5.74, 6) is -0.914. The minimum Gasteiger partial charge on any atom is -0.480 e. The normalized spacial score (nSPS) is 14.5. The number of carboxylic acids is 1. The topological polar surface area (TPSA) is 57.6 Å². The number of nitrogens with zero attached hydrogens (tertiary/aromatic N) is 1. The first-order valence-corrected chi connectivity index (χ1v) is 5.02. The van der Waals surface area contributed by atoms with Crippen LogP contribution in [0.25, 0.3) is 0 Å². The Hall–Kier alpha value is -1.06. The van der Waals surface area contributed by atoms with Crippen LogP contribution in [0.3, 0.4) is 0 Å². The maximum absolute atomic E-state index is 11.0. The van der Waals surface area contributed by atoms with E-state index in [2.05, 4.69) is 0 Å². The van der Waals surface area contributed by atoms with Gasteiger partial charge in [0.1, 0.15) is 6.04 Å². The smallest absolute Gasteiger partial charge is 0.326 e. The first-order valence-electron chi connectivity index (χ1n) is 5.02. The zero-order valence-electron chi connectivity index (χ0n) is 9.06. The standard InChI is InChI=1S/C10H19NO3/c1-4-6-8(3)9(10(13)14)11(5-2)7-12/h7-9H,4-6H2,1-3H3,(H,13,14). The van der Waals surface area contributed by atoms with Gasteiger partial charge in [-0.1, -0.05) is 20.3 Å². The Bertz CT molecular complexity index is 194. The molecule has 2 atom stereocenters. The fourth-order valence-electron chi connectivity index (χ4n) is 1.66. The van der Waals surface area contributed by atoms with Crippen molar-refractivity contribution in [2.45, 2.75) is 39.7 Å². The molecule has 2 unspecified atom stereocenters. The minimum absolute atomic E-state index is 0.00245. The zero-order valence-corrected chi connectivity index (χ0v) is 9.06. The van der Waals surface area contributed by atoms with Gasteiger partial charge in [-0.15, -0.1) is 0 Å². The SMILES string of the molecule is CCCC(C)C(C(=O)O)N(C=O)CC. The second-order valence-corrected chi connectivity index (χ2v) is 3.48. The van der Waals surface area contributed by atoms with Gasteiger partial charge in [-0.2, -0.15) is 0 Å². The van der Waals surface area contributed by atoms with Crippen LogP contribution in [-0.2, 0) is 9.59 Å². The molecule has 1 N–H and O–H groups in total. The number of aliphatic carboxylic acids is 1. The zero-order chi connectivity index (χ0) is 11.1. The molecule has 0 saturated heterocycles. The third-order valence-corrected chi connectivity index (χ3v) is 2.39. The van der Waals surface area contributed by atoms with Crippen molar-refractivity contribution < 1.29 is 14.7 Å². The molecule has 0 aromatic rings. The molecule has 1 amide bonds. The number of carboxylic acid groups (broad SMARTS) is 1. The molecule has 0 radical (unpaired) electrons. The first kappa shape index (κ1) is 12.9. The molecule has 0 aliphatic rings. The Morgan fingerprint density at radius 2 is 2.07 bits per heavy atom. The molecule has 4 nitrogen and oxygen atoms in total. The predicted molar refractivity (Wildman–Crippen MR) is 53.9 cm³/mol. The van der Waals surface area contributed by atoms with Gasteiger partial charge in [-0.05, 0) is 19.3 Å². The van der Waals surface area contributed by atoms with E-state index in [0.717, 1.165) is 12.8 Å². The van der Waals surface area contributed by atoms with Gasteiger partial charge >= 0.3 is 5.97 Å². The number of amides is 1. The maximum atomic E-state index is 11.0. The van der Waals surface area contributed by atoms with E-state index in [0.29, 0.717) is 13.0 Å². The molecule has 0 bridgehead atoms. The molecule has 4 heteroatoms. The highest BCUT2D eigenvalue weighted by Crippen LogP contribution is 2.15. The molecule has 0 saturated carbocycles. The lowest BCUT2D eigenvalue weighted by atomic mass is 9.96. The molecule has 0 rings (SSSR count). The lowest BCUT2D eigenvalue weighted by Gasteiger charge is -2.28. The molecular formula is C10H19NO3. The van der Waals surface area contributed by atoms with Crippen molar-refractivity contribution in [1.29, 1.82) is 0 Å². The summed E-state index contributed by atoms with van der Waals surface area (Å²) in [7, 11) is 0. The van der Waals surface area contributed by atoms with Gasteiger partial charge in [0.05, 0.1) is 0 Å². The van der Waals surface area contributed by atoms with E-state index >= 15 is 0 Å². The van der Waals surface area contributed by atoms with Crippen molar-refractivity contribution in [3.8, 4) is 0 Å². The third-order valence-electron chi connectivity index (χ3n) is 2.39. The van der Waals surface area contributed by atoms with Crippen LogP contribution in [0.15, 0.2) is 0 Å². The number of rotatable bonds is 7. The third kappa shape index (κ3) is 3.36. The number of carbonyl (C=O) groups excluding carboxylic acids is 1. The van der Waals surface area contributed by atoms with Gasteiger partial charge < -0.3 is 10.0 Å². The Kier molecular flexibility index (Phi) is 5.92. The first-order chi connectivity index (χ1) is 6.58. The van der Waals surface area contributed by atoms with Crippen molar-refractivity contribution in [2.75, 3.05) is 6.54 Å². The van der Waals surface area contributed by atoms with Gasteiger partial charge in [-0.3, -0.25) is 4.79 Å². The summed E-state index contributed by atoms with van der Waals surface area (Å²) in [6, 6.07) is -0.683. The van der Waals surface area contributed by atoms with Crippen LogP contribution >= 0.6 is 0 Å². The maximum Gasteiger partial charge on any atom is 0.326 e. The predicted octanol–water partition coefficient (Wildman–Crippen LogP) is 1.35. The molecule has 0 aliphatic heterocycles. The molecule has 0 aromatic heterocycles. The summed E-state index contributed by atoms with van der Waals surface area (Å²) in [5, 5.41) is 9.00. The fraction of sp³-hybridized carbons (Fsp3) is 0.800. The average Bonchev–Trinajstić information content (AvgIpc) is 2.13. The molecule has 0 heterocycles. The average molecular weight is 201 g/mol. The molecule has 14 heavy (non-hydrogen) atoms.